The molecule has 2 N–H and O–H groups in total. The highest BCUT2D eigenvalue weighted by molar-refractivity contribution is 7.93. The van der Waals surface area contributed by atoms with E-state index < -0.39 is 26.5 Å². The van der Waals surface area contributed by atoms with E-state index in [1.807, 2.05) is 0 Å². The van der Waals surface area contributed by atoms with Crippen LogP contribution in [-0.2, 0) is 14.6 Å². The number of aliphatic carboxylic acids is 1. The SMILES string of the molecule is O=C(O)[C@@H]1CCS(=O)(=O)[C@@]12CCNC2. The molecular weight excluding hydrogens is 206 g/mol. The monoisotopic (exact) mass is 219 g/mol. The lowest BCUT2D eigenvalue weighted by Gasteiger charge is -2.25. The summed E-state index contributed by atoms with van der Waals surface area (Å²) < 4.78 is 22.6. The molecular formula is C8H13NO4S. The molecule has 2 saturated heterocycles. The molecule has 5 nitrogen and oxygen atoms in total. The Hall–Kier alpha value is -0.620. The lowest BCUT2D eigenvalue weighted by molar-refractivity contribution is -0.142. The first-order valence-corrected chi connectivity index (χ1v) is 6.31. The maximum atomic E-state index is 11.8. The van der Waals surface area contributed by atoms with Crippen LogP contribution < -0.4 is 5.32 Å². The van der Waals surface area contributed by atoms with Gasteiger partial charge in [-0.25, -0.2) is 8.42 Å². The number of carbonyl (C=O) groups is 1. The van der Waals surface area contributed by atoms with Crippen LogP contribution in [0.15, 0.2) is 0 Å². The van der Waals surface area contributed by atoms with E-state index in [0.717, 1.165) is 0 Å². The molecule has 0 aromatic rings. The molecule has 80 valence electrons. The first-order valence-electron chi connectivity index (χ1n) is 4.65. The van der Waals surface area contributed by atoms with Gasteiger partial charge in [-0.05, 0) is 19.4 Å². The quantitative estimate of drug-likeness (QED) is 0.605. The minimum atomic E-state index is -3.22. The van der Waals surface area contributed by atoms with Crippen LogP contribution in [0.2, 0.25) is 0 Å². The summed E-state index contributed by atoms with van der Waals surface area (Å²) in [6, 6.07) is 0. The van der Waals surface area contributed by atoms with E-state index in [0.29, 0.717) is 19.5 Å². The standard InChI is InChI=1S/C8H13NO4S/c10-7(11)6-1-4-14(12,13)8(6)2-3-9-5-8/h6,9H,1-5H2,(H,10,11)/t6-,8+/m0/s1. The Labute approximate surface area is 82.4 Å². The fourth-order valence-electron chi connectivity index (χ4n) is 2.56. The number of carboxylic acids is 1. The van der Waals surface area contributed by atoms with Crippen molar-refractivity contribution in [3.05, 3.63) is 0 Å². The Morgan fingerprint density at radius 2 is 2.21 bits per heavy atom. The van der Waals surface area contributed by atoms with Crippen molar-refractivity contribution < 1.29 is 18.3 Å². The van der Waals surface area contributed by atoms with E-state index in [2.05, 4.69) is 5.32 Å². The first-order chi connectivity index (χ1) is 6.50. The van der Waals surface area contributed by atoms with Gasteiger partial charge in [-0.2, -0.15) is 0 Å². The van der Waals surface area contributed by atoms with Gasteiger partial charge in [0, 0.05) is 6.54 Å². The second kappa shape index (κ2) is 2.93. The molecule has 6 heteroatoms. The predicted molar refractivity (Wildman–Crippen MR) is 49.7 cm³/mol. The third-order valence-electron chi connectivity index (χ3n) is 3.38. The second-order valence-electron chi connectivity index (χ2n) is 3.99. The Kier molecular flexibility index (Phi) is 2.08. The molecule has 0 bridgehead atoms. The van der Waals surface area contributed by atoms with Crippen molar-refractivity contribution in [3.63, 3.8) is 0 Å². The van der Waals surface area contributed by atoms with Crippen molar-refractivity contribution in [3.8, 4) is 0 Å². The Morgan fingerprint density at radius 3 is 2.71 bits per heavy atom. The van der Waals surface area contributed by atoms with Crippen molar-refractivity contribution in [1.29, 1.82) is 0 Å². The molecule has 2 aliphatic rings. The van der Waals surface area contributed by atoms with Gasteiger partial charge in [0.1, 0.15) is 0 Å². The highest BCUT2D eigenvalue weighted by atomic mass is 32.2. The zero-order valence-electron chi connectivity index (χ0n) is 7.69. The fraction of sp³-hybridized carbons (Fsp3) is 0.875. The van der Waals surface area contributed by atoms with Crippen LogP contribution in [0.4, 0.5) is 0 Å². The molecule has 1 spiro atoms. The van der Waals surface area contributed by atoms with Gasteiger partial charge in [0.15, 0.2) is 9.84 Å². The zero-order valence-corrected chi connectivity index (χ0v) is 8.51. The summed E-state index contributed by atoms with van der Waals surface area (Å²) in [4.78, 5) is 11.0. The van der Waals surface area contributed by atoms with Crippen LogP contribution in [-0.4, -0.2) is 43.1 Å². The fourth-order valence-corrected chi connectivity index (χ4v) is 4.90. The minimum absolute atomic E-state index is 0.0195. The number of carboxylic acid groups (broad SMARTS) is 1. The molecule has 0 unspecified atom stereocenters. The van der Waals surface area contributed by atoms with E-state index in [1.54, 1.807) is 0 Å². The van der Waals surface area contributed by atoms with E-state index in [9.17, 15) is 13.2 Å². The molecule has 0 aromatic carbocycles. The van der Waals surface area contributed by atoms with Crippen molar-refractivity contribution in [2.75, 3.05) is 18.8 Å². The molecule has 0 saturated carbocycles. The summed E-state index contributed by atoms with van der Waals surface area (Å²) in [5.74, 6) is -1.68. The topological polar surface area (TPSA) is 83.5 Å². The van der Waals surface area contributed by atoms with Gasteiger partial charge in [0.05, 0.1) is 16.4 Å². The normalized spacial score (nSPS) is 40.4. The van der Waals surface area contributed by atoms with E-state index >= 15 is 0 Å². The average molecular weight is 219 g/mol. The predicted octanol–water partition coefficient (Wildman–Crippen LogP) is -0.762. The van der Waals surface area contributed by atoms with Crippen LogP contribution in [0.5, 0.6) is 0 Å². The third-order valence-corrected chi connectivity index (χ3v) is 6.02. The maximum Gasteiger partial charge on any atom is 0.308 e. The van der Waals surface area contributed by atoms with Gasteiger partial charge >= 0.3 is 5.97 Å². The molecule has 2 aliphatic heterocycles. The molecule has 2 fully saturated rings. The Morgan fingerprint density at radius 1 is 1.50 bits per heavy atom. The van der Waals surface area contributed by atoms with E-state index in [4.69, 9.17) is 5.11 Å². The summed E-state index contributed by atoms with van der Waals surface area (Å²) >= 11 is 0. The van der Waals surface area contributed by atoms with Crippen LogP contribution in [0, 0.1) is 5.92 Å². The summed E-state index contributed by atoms with van der Waals surface area (Å²) in [5.41, 5.74) is 0. The van der Waals surface area contributed by atoms with Gasteiger partial charge in [-0.1, -0.05) is 0 Å². The lowest BCUT2D eigenvalue weighted by atomic mass is 9.89. The molecule has 0 radical (unpaired) electrons. The smallest absolute Gasteiger partial charge is 0.308 e. The molecule has 0 aromatic heterocycles. The Bertz CT molecular complexity index is 356. The van der Waals surface area contributed by atoms with Gasteiger partial charge in [0.2, 0.25) is 0 Å². The summed E-state index contributed by atoms with van der Waals surface area (Å²) in [6.07, 6.45) is 0.700. The minimum Gasteiger partial charge on any atom is -0.481 e. The Balaban J connectivity index is 2.44. The summed E-state index contributed by atoms with van der Waals surface area (Å²) in [5, 5.41) is 11.9. The molecule has 2 heterocycles. The van der Waals surface area contributed by atoms with Gasteiger partial charge < -0.3 is 10.4 Å². The third kappa shape index (κ3) is 1.10. The largest absolute Gasteiger partial charge is 0.481 e. The molecule has 0 amide bonds. The molecule has 14 heavy (non-hydrogen) atoms. The average Bonchev–Trinajstić information content (AvgIpc) is 2.61. The van der Waals surface area contributed by atoms with Gasteiger partial charge in [-0.15, -0.1) is 0 Å². The van der Waals surface area contributed by atoms with Crippen molar-refractivity contribution in [2.24, 2.45) is 5.92 Å². The molecule has 2 atom stereocenters. The highest BCUT2D eigenvalue weighted by Gasteiger charge is 2.58. The number of sulfone groups is 1. The van der Waals surface area contributed by atoms with Crippen LogP contribution >= 0.6 is 0 Å². The lowest BCUT2D eigenvalue weighted by Crippen LogP contribution is -2.45. The van der Waals surface area contributed by atoms with Crippen molar-refractivity contribution in [1.82, 2.24) is 5.32 Å². The summed E-state index contributed by atoms with van der Waals surface area (Å²) in [6.45, 7) is 0.898. The number of hydrogen-bond donors (Lipinski definition) is 2. The van der Waals surface area contributed by atoms with Crippen LogP contribution in [0.25, 0.3) is 0 Å². The molecule has 2 rings (SSSR count). The zero-order chi connectivity index (χ0) is 10.4. The van der Waals surface area contributed by atoms with Gasteiger partial charge in [-0.3, -0.25) is 4.79 Å². The number of nitrogens with one attached hydrogen (secondary N) is 1. The van der Waals surface area contributed by atoms with Crippen LogP contribution in [0.3, 0.4) is 0 Å². The van der Waals surface area contributed by atoms with Crippen molar-refractivity contribution >= 4 is 15.8 Å². The van der Waals surface area contributed by atoms with E-state index in [1.165, 1.54) is 0 Å². The van der Waals surface area contributed by atoms with Crippen molar-refractivity contribution in [2.45, 2.75) is 17.6 Å². The highest BCUT2D eigenvalue weighted by Crippen LogP contribution is 2.42. The first kappa shape index (κ1) is 9.92. The number of rotatable bonds is 1. The second-order valence-corrected chi connectivity index (χ2v) is 6.44. The van der Waals surface area contributed by atoms with Crippen LogP contribution in [0.1, 0.15) is 12.8 Å². The summed E-state index contributed by atoms with van der Waals surface area (Å²) in [7, 11) is -3.22. The molecule has 0 aliphatic carbocycles. The van der Waals surface area contributed by atoms with E-state index in [-0.39, 0.29) is 12.2 Å². The maximum absolute atomic E-state index is 11.8. The number of hydrogen-bond acceptors (Lipinski definition) is 4. The van der Waals surface area contributed by atoms with Gasteiger partial charge in [0.25, 0.3) is 0 Å².